The predicted octanol–water partition coefficient (Wildman–Crippen LogP) is 4.78. The molecule has 2 aromatic heterocycles. The van der Waals surface area contributed by atoms with Gasteiger partial charge in [-0.1, -0.05) is 24.0 Å². The zero-order valence-electron chi connectivity index (χ0n) is 18.0. The van der Waals surface area contributed by atoms with Crippen LogP contribution in [0.1, 0.15) is 34.9 Å². The van der Waals surface area contributed by atoms with Gasteiger partial charge >= 0.3 is 5.97 Å². The standard InChI is InChI=1S/C22H21N3O4S3/c1-5-24-19(26)16(32-22(24)30)11-15-17(13-7-9-14(28-4)10-8-13)23-21-25(15)18(12(3)31-21)20(27)29-6-2/h7-11H,5-6H2,1-4H3. The van der Waals surface area contributed by atoms with Crippen LogP contribution in [-0.2, 0) is 9.53 Å². The van der Waals surface area contributed by atoms with Gasteiger partial charge in [-0.05, 0) is 51.1 Å². The molecule has 0 radical (unpaired) electrons. The minimum atomic E-state index is -0.425. The van der Waals surface area contributed by atoms with Gasteiger partial charge in [0.25, 0.3) is 5.91 Å². The summed E-state index contributed by atoms with van der Waals surface area (Å²) >= 11 is 8.02. The summed E-state index contributed by atoms with van der Waals surface area (Å²) in [7, 11) is 1.61. The molecule has 3 aromatic rings. The number of carbonyl (C=O) groups excluding carboxylic acids is 2. The Morgan fingerprint density at radius 1 is 1.25 bits per heavy atom. The fraction of sp³-hybridized carbons (Fsp3) is 0.273. The van der Waals surface area contributed by atoms with Crippen molar-refractivity contribution >= 4 is 62.6 Å². The number of hydrogen-bond acceptors (Lipinski definition) is 8. The first kappa shape index (κ1) is 22.5. The number of amides is 1. The number of aromatic nitrogens is 2. The number of methoxy groups -OCH3 is 1. The highest BCUT2D eigenvalue weighted by atomic mass is 32.2. The molecule has 1 fully saturated rings. The van der Waals surface area contributed by atoms with Crippen molar-refractivity contribution in [2.24, 2.45) is 0 Å². The Balaban J connectivity index is 1.96. The normalized spacial score (nSPS) is 15.2. The van der Waals surface area contributed by atoms with Crippen LogP contribution in [0.5, 0.6) is 5.75 Å². The van der Waals surface area contributed by atoms with E-state index in [9.17, 15) is 9.59 Å². The molecule has 1 aromatic carbocycles. The lowest BCUT2D eigenvalue weighted by molar-refractivity contribution is -0.121. The Bertz CT molecular complexity index is 1260. The number of thiazole rings is 1. The maximum Gasteiger partial charge on any atom is 0.356 e. The van der Waals surface area contributed by atoms with Crippen LogP contribution in [0.3, 0.4) is 0 Å². The monoisotopic (exact) mass is 487 g/mol. The van der Waals surface area contributed by atoms with E-state index in [4.69, 9.17) is 26.7 Å². The van der Waals surface area contributed by atoms with Gasteiger partial charge in [0.05, 0.1) is 30.0 Å². The van der Waals surface area contributed by atoms with Crippen LogP contribution in [0.15, 0.2) is 29.2 Å². The molecule has 3 heterocycles. The van der Waals surface area contributed by atoms with E-state index in [1.165, 1.54) is 23.1 Å². The molecule has 1 aliphatic rings. The Kier molecular flexibility index (Phi) is 6.36. The Morgan fingerprint density at radius 2 is 1.97 bits per heavy atom. The lowest BCUT2D eigenvalue weighted by Crippen LogP contribution is -2.27. The van der Waals surface area contributed by atoms with Gasteiger partial charge in [0.1, 0.15) is 15.8 Å². The smallest absolute Gasteiger partial charge is 0.356 e. The summed E-state index contributed by atoms with van der Waals surface area (Å²) in [5, 5.41) is 0. The van der Waals surface area contributed by atoms with E-state index in [1.807, 2.05) is 38.1 Å². The fourth-order valence-electron chi connectivity index (χ4n) is 3.46. The molecule has 0 saturated carbocycles. The molecule has 0 bridgehead atoms. The number of thiocarbonyl (C=S) groups is 1. The van der Waals surface area contributed by atoms with Crippen LogP contribution in [0.4, 0.5) is 0 Å². The molecule has 1 saturated heterocycles. The third-order valence-electron chi connectivity index (χ3n) is 4.97. The van der Waals surface area contributed by atoms with Crippen LogP contribution < -0.4 is 4.74 Å². The van der Waals surface area contributed by atoms with Gasteiger partial charge in [-0.3, -0.25) is 14.1 Å². The number of thioether (sulfide) groups is 1. The Morgan fingerprint density at radius 3 is 2.56 bits per heavy atom. The molecule has 0 aliphatic carbocycles. The third kappa shape index (κ3) is 3.82. The van der Waals surface area contributed by atoms with Crippen molar-refractivity contribution in [3.63, 3.8) is 0 Å². The van der Waals surface area contributed by atoms with Gasteiger partial charge in [-0.25, -0.2) is 9.78 Å². The minimum Gasteiger partial charge on any atom is -0.497 e. The third-order valence-corrected chi connectivity index (χ3v) is 7.31. The number of aryl methyl sites for hydroxylation is 1. The van der Waals surface area contributed by atoms with Crippen molar-refractivity contribution in [3.8, 4) is 17.0 Å². The summed E-state index contributed by atoms with van der Waals surface area (Å²) in [4.78, 5) is 34.0. The molecule has 7 nitrogen and oxygen atoms in total. The van der Waals surface area contributed by atoms with Crippen molar-refractivity contribution in [1.82, 2.24) is 14.3 Å². The average Bonchev–Trinajstić information content (AvgIpc) is 3.37. The molecule has 0 spiro atoms. The molecular formula is C22H21N3O4S3. The molecule has 0 unspecified atom stereocenters. The second-order valence-electron chi connectivity index (χ2n) is 6.85. The molecule has 10 heteroatoms. The number of benzene rings is 1. The number of imidazole rings is 1. The van der Waals surface area contributed by atoms with Crippen LogP contribution in [0, 0.1) is 6.92 Å². The van der Waals surface area contributed by atoms with Crippen LogP contribution in [-0.4, -0.2) is 50.7 Å². The van der Waals surface area contributed by atoms with E-state index in [1.54, 1.807) is 29.4 Å². The lowest BCUT2D eigenvalue weighted by Gasteiger charge is -2.09. The quantitative estimate of drug-likeness (QED) is 0.281. The first-order valence-corrected chi connectivity index (χ1v) is 12.0. The number of rotatable bonds is 6. The van der Waals surface area contributed by atoms with Crippen LogP contribution in [0.25, 0.3) is 22.3 Å². The molecule has 1 aliphatic heterocycles. The molecule has 4 rings (SSSR count). The Hall–Kier alpha value is -2.69. The largest absolute Gasteiger partial charge is 0.497 e. The number of nitrogens with zero attached hydrogens (tertiary/aromatic N) is 3. The lowest BCUT2D eigenvalue weighted by atomic mass is 10.1. The predicted molar refractivity (Wildman–Crippen MR) is 131 cm³/mol. The van der Waals surface area contributed by atoms with E-state index in [0.29, 0.717) is 37.8 Å². The summed E-state index contributed by atoms with van der Waals surface area (Å²) in [5.41, 5.74) is 2.54. The summed E-state index contributed by atoms with van der Waals surface area (Å²) < 4.78 is 12.9. The first-order chi connectivity index (χ1) is 15.4. The number of carbonyl (C=O) groups is 2. The van der Waals surface area contributed by atoms with Crippen LogP contribution in [0.2, 0.25) is 0 Å². The van der Waals surface area contributed by atoms with Crippen molar-refractivity contribution in [3.05, 3.63) is 45.4 Å². The molecule has 0 atom stereocenters. The van der Waals surface area contributed by atoms with Crippen molar-refractivity contribution in [1.29, 1.82) is 0 Å². The highest BCUT2D eigenvalue weighted by molar-refractivity contribution is 8.26. The average molecular weight is 488 g/mol. The summed E-state index contributed by atoms with van der Waals surface area (Å²) in [6, 6.07) is 7.49. The van der Waals surface area contributed by atoms with E-state index >= 15 is 0 Å². The minimum absolute atomic E-state index is 0.150. The Labute approximate surface area is 199 Å². The fourth-order valence-corrected chi connectivity index (χ4v) is 5.79. The summed E-state index contributed by atoms with van der Waals surface area (Å²) in [6.07, 6.45) is 1.77. The molecule has 1 amide bonds. The van der Waals surface area contributed by atoms with E-state index in [2.05, 4.69) is 0 Å². The molecular weight excluding hydrogens is 466 g/mol. The molecule has 0 N–H and O–H groups in total. The van der Waals surface area contributed by atoms with Gasteiger partial charge in [-0.15, -0.1) is 11.3 Å². The van der Waals surface area contributed by atoms with Gasteiger partial charge in [0.15, 0.2) is 4.96 Å². The maximum atomic E-state index is 12.9. The van der Waals surface area contributed by atoms with Gasteiger partial charge < -0.3 is 9.47 Å². The molecule has 32 heavy (non-hydrogen) atoms. The van der Waals surface area contributed by atoms with E-state index < -0.39 is 5.97 Å². The van der Waals surface area contributed by atoms with Gasteiger partial charge in [0, 0.05) is 17.0 Å². The van der Waals surface area contributed by atoms with Gasteiger partial charge in [-0.2, -0.15) is 0 Å². The highest BCUT2D eigenvalue weighted by Gasteiger charge is 2.32. The number of hydrogen-bond donors (Lipinski definition) is 0. The van der Waals surface area contributed by atoms with Crippen molar-refractivity contribution in [2.45, 2.75) is 20.8 Å². The van der Waals surface area contributed by atoms with Crippen LogP contribution >= 0.6 is 35.3 Å². The zero-order valence-corrected chi connectivity index (χ0v) is 20.4. The van der Waals surface area contributed by atoms with E-state index in [-0.39, 0.29) is 12.5 Å². The number of fused-ring (bicyclic) bond motifs is 1. The maximum absolute atomic E-state index is 12.9. The SMILES string of the molecule is CCOC(=O)c1c(C)sc2nc(-c3ccc(OC)cc3)c(C=C3SC(=S)N(CC)C3=O)n12. The number of ether oxygens (including phenoxy) is 2. The van der Waals surface area contributed by atoms with E-state index in [0.717, 1.165) is 16.2 Å². The second-order valence-corrected chi connectivity index (χ2v) is 9.70. The second kappa shape index (κ2) is 9.05. The van der Waals surface area contributed by atoms with Crippen molar-refractivity contribution < 1.29 is 19.1 Å². The number of esters is 1. The first-order valence-electron chi connectivity index (χ1n) is 9.98. The zero-order chi connectivity index (χ0) is 23.0. The number of likely N-dealkylation sites (N-methyl/N-ethyl adjacent to an activating group) is 1. The summed E-state index contributed by atoms with van der Waals surface area (Å²) in [6.45, 7) is 6.28. The molecule has 166 valence electrons. The van der Waals surface area contributed by atoms with Gasteiger partial charge in [0.2, 0.25) is 0 Å². The van der Waals surface area contributed by atoms with Crippen molar-refractivity contribution in [2.75, 3.05) is 20.3 Å². The summed E-state index contributed by atoms with van der Waals surface area (Å²) in [5.74, 6) is 0.150. The topological polar surface area (TPSA) is 73.1 Å². The highest BCUT2D eigenvalue weighted by Crippen LogP contribution is 2.37.